The quantitative estimate of drug-likeness (QED) is 0.759. The molecular formula is C12H15F2NO2. The minimum atomic E-state index is -0.888. The summed E-state index contributed by atoms with van der Waals surface area (Å²) in [4.78, 5) is 12.8. The zero-order chi connectivity index (χ0) is 13.0. The highest BCUT2D eigenvalue weighted by Gasteiger charge is 2.16. The van der Waals surface area contributed by atoms with E-state index in [0.29, 0.717) is 5.56 Å². The van der Waals surface area contributed by atoms with E-state index in [0.717, 1.165) is 12.1 Å². The van der Waals surface area contributed by atoms with Gasteiger partial charge < -0.3 is 4.74 Å². The number of hydrogen-bond donors (Lipinski definition) is 0. The Labute approximate surface area is 99.0 Å². The molecule has 0 radical (unpaired) electrons. The van der Waals surface area contributed by atoms with E-state index in [2.05, 4.69) is 4.74 Å². The van der Waals surface area contributed by atoms with Gasteiger partial charge in [-0.3, -0.25) is 9.69 Å². The lowest BCUT2D eigenvalue weighted by molar-refractivity contribution is -0.142. The molecule has 1 unspecified atom stereocenters. The van der Waals surface area contributed by atoms with Crippen molar-refractivity contribution in [1.82, 2.24) is 4.90 Å². The lowest BCUT2D eigenvalue weighted by Crippen LogP contribution is -2.29. The van der Waals surface area contributed by atoms with E-state index < -0.39 is 11.6 Å². The number of ether oxygens (including phenoxy) is 1. The van der Waals surface area contributed by atoms with Crippen molar-refractivity contribution < 1.29 is 18.3 Å². The van der Waals surface area contributed by atoms with Crippen LogP contribution in [0.25, 0.3) is 0 Å². The van der Waals surface area contributed by atoms with Crippen LogP contribution in [0.3, 0.4) is 0 Å². The monoisotopic (exact) mass is 243 g/mol. The molecule has 0 saturated carbocycles. The van der Waals surface area contributed by atoms with Gasteiger partial charge in [-0.1, -0.05) is 6.07 Å². The normalized spacial score (nSPS) is 12.6. The smallest absolute Gasteiger partial charge is 0.319 e. The van der Waals surface area contributed by atoms with Crippen LogP contribution in [0.15, 0.2) is 18.2 Å². The molecule has 0 spiro atoms. The van der Waals surface area contributed by atoms with Gasteiger partial charge in [0.1, 0.15) is 0 Å². The van der Waals surface area contributed by atoms with Crippen molar-refractivity contribution in [3.63, 3.8) is 0 Å². The van der Waals surface area contributed by atoms with Crippen molar-refractivity contribution in [1.29, 1.82) is 0 Å². The molecular weight excluding hydrogens is 228 g/mol. The summed E-state index contributed by atoms with van der Waals surface area (Å²) in [5.41, 5.74) is 0.607. The summed E-state index contributed by atoms with van der Waals surface area (Å²) in [6.45, 7) is 1.90. The van der Waals surface area contributed by atoms with Gasteiger partial charge in [-0.05, 0) is 31.7 Å². The maximum atomic E-state index is 13.0. The fraction of sp³-hybridized carbons (Fsp3) is 0.417. The molecule has 0 fully saturated rings. The van der Waals surface area contributed by atoms with Gasteiger partial charge in [0.15, 0.2) is 11.6 Å². The summed E-state index contributed by atoms with van der Waals surface area (Å²) >= 11 is 0. The van der Waals surface area contributed by atoms with Crippen molar-refractivity contribution in [2.75, 3.05) is 20.7 Å². The highest BCUT2D eigenvalue weighted by Crippen LogP contribution is 2.20. The van der Waals surface area contributed by atoms with Gasteiger partial charge in [0.25, 0.3) is 0 Å². The standard InChI is InChI=1S/C12H15F2NO2/c1-8(15(2)7-12(16)17-3)9-4-5-10(13)11(14)6-9/h4-6,8H,7H2,1-3H3. The molecule has 94 valence electrons. The molecule has 1 rings (SSSR count). The summed E-state index contributed by atoms with van der Waals surface area (Å²) < 4.78 is 30.3. The number of nitrogens with zero attached hydrogens (tertiary/aromatic N) is 1. The first kappa shape index (κ1) is 13.6. The molecule has 1 aromatic rings. The third kappa shape index (κ3) is 3.49. The Morgan fingerprint density at radius 3 is 2.59 bits per heavy atom. The third-order valence-corrected chi connectivity index (χ3v) is 2.69. The van der Waals surface area contributed by atoms with E-state index in [9.17, 15) is 13.6 Å². The first-order valence-corrected chi connectivity index (χ1v) is 5.17. The van der Waals surface area contributed by atoms with Crippen LogP contribution in [0, 0.1) is 11.6 Å². The maximum absolute atomic E-state index is 13.0. The van der Waals surface area contributed by atoms with E-state index >= 15 is 0 Å². The Bertz CT molecular complexity index is 409. The molecule has 0 saturated heterocycles. The number of esters is 1. The van der Waals surface area contributed by atoms with Crippen molar-refractivity contribution in [2.45, 2.75) is 13.0 Å². The van der Waals surface area contributed by atoms with E-state index in [1.54, 1.807) is 18.9 Å². The Morgan fingerprint density at radius 2 is 2.06 bits per heavy atom. The van der Waals surface area contributed by atoms with Crippen molar-refractivity contribution >= 4 is 5.97 Å². The SMILES string of the molecule is COC(=O)CN(C)C(C)c1ccc(F)c(F)c1. The first-order chi connectivity index (χ1) is 7.95. The number of carbonyl (C=O) groups excluding carboxylic acids is 1. The molecule has 0 N–H and O–H groups in total. The van der Waals surface area contributed by atoms with Gasteiger partial charge in [-0.15, -0.1) is 0 Å². The zero-order valence-electron chi connectivity index (χ0n) is 10.0. The number of halogens is 2. The number of benzene rings is 1. The number of likely N-dealkylation sites (N-methyl/N-ethyl adjacent to an activating group) is 1. The molecule has 5 heteroatoms. The van der Waals surface area contributed by atoms with Gasteiger partial charge in [0, 0.05) is 6.04 Å². The molecule has 17 heavy (non-hydrogen) atoms. The predicted octanol–water partition coefficient (Wildman–Crippen LogP) is 2.13. The second kappa shape index (κ2) is 5.72. The van der Waals surface area contributed by atoms with Crippen LogP contribution in [0.5, 0.6) is 0 Å². The van der Waals surface area contributed by atoms with Crippen LogP contribution in [0.2, 0.25) is 0 Å². The number of rotatable bonds is 4. The first-order valence-electron chi connectivity index (χ1n) is 5.17. The zero-order valence-corrected chi connectivity index (χ0v) is 10.0. The van der Waals surface area contributed by atoms with Gasteiger partial charge in [0.05, 0.1) is 13.7 Å². The molecule has 0 aliphatic heterocycles. The molecule has 1 aromatic carbocycles. The highest BCUT2D eigenvalue weighted by atomic mass is 19.2. The fourth-order valence-electron chi connectivity index (χ4n) is 1.43. The summed E-state index contributed by atoms with van der Waals surface area (Å²) in [5.74, 6) is -2.14. The lowest BCUT2D eigenvalue weighted by Gasteiger charge is -2.23. The average molecular weight is 243 g/mol. The molecule has 0 amide bonds. The van der Waals surface area contributed by atoms with Crippen LogP contribution in [0.1, 0.15) is 18.5 Å². The summed E-state index contributed by atoms with van der Waals surface area (Å²) in [7, 11) is 3.02. The molecule has 3 nitrogen and oxygen atoms in total. The Hall–Kier alpha value is -1.49. The van der Waals surface area contributed by atoms with Gasteiger partial charge in [-0.2, -0.15) is 0 Å². The van der Waals surface area contributed by atoms with Crippen molar-refractivity contribution in [2.24, 2.45) is 0 Å². The Balaban J connectivity index is 2.77. The van der Waals surface area contributed by atoms with Crippen LogP contribution in [-0.4, -0.2) is 31.6 Å². The molecule has 0 aliphatic rings. The Kier molecular flexibility index (Phi) is 4.57. The average Bonchev–Trinajstić information content (AvgIpc) is 2.31. The van der Waals surface area contributed by atoms with Crippen molar-refractivity contribution in [3.8, 4) is 0 Å². The van der Waals surface area contributed by atoms with Crippen LogP contribution < -0.4 is 0 Å². The van der Waals surface area contributed by atoms with Crippen LogP contribution >= 0.6 is 0 Å². The Morgan fingerprint density at radius 1 is 1.41 bits per heavy atom. The van der Waals surface area contributed by atoms with E-state index in [4.69, 9.17) is 0 Å². The molecule has 1 atom stereocenters. The summed E-state index contributed by atoms with van der Waals surface area (Å²) in [5, 5.41) is 0. The topological polar surface area (TPSA) is 29.5 Å². The number of methoxy groups -OCH3 is 1. The predicted molar refractivity (Wildman–Crippen MR) is 59.4 cm³/mol. The number of carbonyl (C=O) groups is 1. The van der Waals surface area contributed by atoms with Crippen LogP contribution in [0.4, 0.5) is 8.78 Å². The summed E-state index contributed by atoms with van der Waals surface area (Å²) in [6, 6.07) is 3.50. The minimum absolute atomic E-state index is 0.0939. The lowest BCUT2D eigenvalue weighted by atomic mass is 10.1. The molecule has 0 bridgehead atoms. The highest BCUT2D eigenvalue weighted by molar-refractivity contribution is 5.71. The molecule has 0 aliphatic carbocycles. The van der Waals surface area contributed by atoms with Crippen molar-refractivity contribution in [3.05, 3.63) is 35.4 Å². The minimum Gasteiger partial charge on any atom is -0.468 e. The van der Waals surface area contributed by atoms with E-state index in [1.165, 1.54) is 13.2 Å². The molecule has 0 heterocycles. The van der Waals surface area contributed by atoms with E-state index in [1.807, 2.05) is 0 Å². The van der Waals surface area contributed by atoms with Gasteiger partial charge in [-0.25, -0.2) is 8.78 Å². The largest absolute Gasteiger partial charge is 0.468 e. The van der Waals surface area contributed by atoms with E-state index in [-0.39, 0.29) is 18.6 Å². The second-order valence-electron chi connectivity index (χ2n) is 3.84. The fourth-order valence-corrected chi connectivity index (χ4v) is 1.43. The van der Waals surface area contributed by atoms with Crippen LogP contribution in [-0.2, 0) is 9.53 Å². The second-order valence-corrected chi connectivity index (χ2v) is 3.84. The van der Waals surface area contributed by atoms with Gasteiger partial charge >= 0.3 is 5.97 Å². The third-order valence-electron chi connectivity index (χ3n) is 2.69. The molecule has 0 aromatic heterocycles. The number of hydrogen-bond acceptors (Lipinski definition) is 3. The maximum Gasteiger partial charge on any atom is 0.319 e. The summed E-state index contributed by atoms with van der Waals surface area (Å²) in [6.07, 6.45) is 0. The van der Waals surface area contributed by atoms with Gasteiger partial charge in [0.2, 0.25) is 0 Å².